The Kier molecular flexibility index (Phi) is 11.0. The van der Waals surface area contributed by atoms with Crippen molar-refractivity contribution in [1.82, 2.24) is 5.32 Å². The average molecular weight is 644 g/mol. The molecule has 3 atom stereocenters. The first kappa shape index (κ1) is 34.1. The lowest BCUT2D eigenvalue weighted by molar-refractivity contribution is -0.139. The summed E-state index contributed by atoms with van der Waals surface area (Å²) in [5.41, 5.74) is 2.41. The second-order valence-electron chi connectivity index (χ2n) is 12.0. The standard InChI is InChI=1S/C37H45N3O7/c1-4-47-30-14-15-33-27(21-30)22-32(38-17-6-8-19-42)35(43)40(33)28-12-9-11-26(20-28)24-39-34-16-13-29(46-3)23-31(34)37(45,36(39)44)25(2)10-5-7-18-41/h5,9-16,20-21,23,25,32,38,41-42,45H,4,6-8,17-19,22,24H2,1-3H3/b10-5+/t25-,32?,37+/m1/s1. The van der Waals surface area contributed by atoms with E-state index in [0.29, 0.717) is 55.1 Å². The third-order valence-corrected chi connectivity index (χ3v) is 8.89. The second kappa shape index (κ2) is 15.1. The van der Waals surface area contributed by atoms with Gasteiger partial charge < -0.3 is 35.0 Å². The van der Waals surface area contributed by atoms with E-state index in [2.05, 4.69) is 5.32 Å². The number of fused-ring (bicyclic) bond motifs is 2. The minimum Gasteiger partial charge on any atom is -0.497 e. The number of unbranched alkanes of at least 4 members (excludes halogenated alkanes) is 1. The number of carbonyl (C=O) groups excluding carboxylic acids is 2. The normalized spacial score (nSPS) is 19.7. The predicted molar refractivity (Wildman–Crippen MR) is 181 cm³/mol. The van der Waals surface area contributed by atoms with E-state index in [-0.39, 0.29) is 25.7 Å². The number of carbonyl (C=O) groups is 2. The Hall–Kier alpha value is -4.22. The molecule has 3 aromatic rings. The summed E-state index contributed by atoms with van der Waals surface area (Å²) in [4.78, 5) is 31.4. The van der Waals surface area contributed by atoms with Crippen LogP contribution >= 0.6 is 0 Å². The van der Waals surface area contributed by atoms with Crippen LogP contribution in [0.5, 0.6) is 11.5 Å². The van der Waals surface area contributed by atoms with Gasteiger partial charge in [-0.25, -0.2) is 0 Å². The number of nitrogens with zero attached hydrogens (tertiary/aromatic N) is 2. The van der Waals surface area contributed by atoms with Crippen LogP contribution < -0.4 is 24.6 Å². The SMILES string of the molecule is CCOc1ccc2c(c1)CC(NCCCCO)C(=O)N2c1cccc(CN2C(=O)[C@](O)([C@H](C)/C=C/CCO)c3cc(OC)ccc32)c1. The Morgan fingerprint density at radius 3 is 2.55 bits per heavy atom. The number of benzene rings is 3. The quantitative estimate of drug-likeness (QED) is 0.142. The van der Waals surface area contributed by atoms with Gasteiger partial charge in [0.1, 0.15) is 11.5 Å². The molecule has 0 saturated heterocycles. The molecule has 0 spiro atoms. The van der Waals surface area contributed by atoms with Crippen LogP contribution in [0.1, 0.15) is 49.8 Å². The monoisotopic (exact) mass is 643 g/mol. The maximum absolute atomic E-state index is 14.1. The van der Waals surface area contributed by atoms with Crippen molar-refractivity contribution >= 4 is 28.9 Å². The average Bonchev–Trinajstić information content (AvgIpc) is 3.29. The zero-order chi connectivity index (χ0) is 33.6. The van der Waals surface area contributed by atoms with Crippen LogP contribution in [0.3, 0.4) is 0 Å². The first-order valence-electron chi connectivity index (χ1n) is 16.3. The van der Waals surface area contributed by atoms with Crippen LogP contribution in [0.25, 0.3) is 0 Å². The number of rotatable bonds is 15. The van der Waals surface area contributed by atoms with Crippen molar-refractivity contribution in [3.63, 3.8) is 0 Å². The molecule has 47 heavy (non-hydrogen) atoms. The van der Waals surface area contributed by atoms with Crippen LogP contribution in [0.4, 0.5) is 17.1 Å². The molecule has 10 heteroatoms. The van der Waals surface area contributed by atoms with Crippen molar-refractivity contribution in [1.29, 1.82) is 0 Å². The summed E-state index contributed by atoms with van der Waals surface area (Å²) in [6.45, 7) is 5.09. The summed E-state index contributed by atoms with van der Waals surface area (Å²) in [6, 6.07) is 18.1. The van der Waals surface area contributed by atoms with Crippen molar-refractivity contribution in [2.45, 2.75) is 57.7 Å². The Bertz CT molecular complexity index is 1610. The van der Waals surface area contributed by atoms with Crippen LogP contribution in [0, 0.1) is 5.92 Å². The van der Waals surface area contributed by atoms with Crippen LogP contribution in [-0.2, 0) is 28.2 Å². The molecule has 2 amide bonds. The maximum Gasteiger partial charge on any atom is 0.264 e. The molecule has 0 radical (unpaired) electrons. The topological polar surface area (TPSA) is 132 Å². The summed E-state index contributed by atoms with van der Waals surface area (Å²) < 4.78 is 11.2. The molecule has 5 rings (SSSR count). The number of hydrogen-bond donors (Lipinski definition) is 4. The summed E-state index contributed by atoms with van der Waals surface area (Å²) >= 11 is 0. The van der Waals surface area contributed by atoms with Crippen LogP contribution in [0.2, 0.25) is 0 Å². The number of methoxy groups -OCH3 is 1. The van der Waals surface area contributed by atoms with Crippen molar-refractivity contribution in [3.05, 3.63) is 89.5 Å². The van der Waals surface area contributed by atoms with E-state index in [4.69, 9.17) is 9.47 Å². The number of nitrogens with one attached hydrogen (secondary N) is 1. The fourth-order valence-corrected chi connectivity index (χ4v) is 6.42. The molecule has 2 aliphatic heterocycles. The molecule has 3 aromatic carbocycles. The van der Waals surface area contributed by atoms with Crippen LogP contribution in [0.15, 0.2) is 72.8 Å². The molecule has 0 aliphatic carbocycles. The zero-order valence-corrected chi connectivity index (χ0v) is 27.3. The molecule has 2 aliphatic rings. The van der Waals surface area contributed by atoms with Crippen molar-refractivity contribution in [2.24, 2.45) is 5.92 Å². The van der Waals surface area contributed by atoms with Gasteiger partial charge in [0.2, 0.25) is 5.91 Å². The van der Waals surface area contributed by atoms with E-state index >= 15 is 0 Å². The van der Waals surface area contributed by atoms with Gasteiger partial charge in [-0.05, 0) is 98.8 Å². The van der Waals surface area contributed by atoms with Gasteiger partial charge in [0.25, 0.3) is 5.91 Å². The first-order chi connectivity index (χ1) is 22.8. The summed E-state index contributed by atoms with van der Waals surface area (Å²) in [5, 5.41) is 33.8. The largest absolute Gasteiger partial charge is 0.497 e. The Balaban J connectivity index is 1.48. The molecule has 0 saturated carbocycles. The number of anilines is 3. The second-order valence-corrected chi connectivity index (χ2v) is 12.0. The lowest BCUT2D eigenvalue weighted by Gasteiger charge is -2.35. The van der Waals surface area contributed by atoms with E-state index in [1.807, 2.05) is 49.4 Å². The van der Waals surface area contributed by atoms with Crippen molar-refractivity contribution < 1.29 is 34.4 Å². The molecular formula is C37H45N3O7. The summed E-state index contributed by atoms with van der Waals surface area (Å²) in [7, 11) is 1.54. The van der Waals surface area contributed by atoms with Gasteiger partial charge in [0.15, 0.2) is 5.60 Å². The van der Waals surface area contributed by atoms with E-state index in [1.54, 1.807) is 47.1 Å². The van der Waals surface area contributed by atoms with Gasteiger partial charge in [-0.3, -0.25) is 14.5 Å². The van der Waals surface area contributed by atoms with Gasteiger partial charge in [-0.2, -0.15) is 0 Å². The molecule has 2 heterocycles. The number of ether oxygens (including phenoxy) is 2. The molecule has 0 fully saturated rings. The minimum atomic E-state index is -1.83. The highest BCUT2D eigenvalue weighted by atomic mass is 16.5. The number of aliphatic hydroxyl groups excluding tert-OH is 2. The highest BCUT2D eigenvalue weighted by Gasteiger charge is 2.52. The third kappa shape index (κ3) is 6.92. The number of amides is 2. The van der Waals surface area contributed by atoms with Gasteiger partial charge in [-0.1, -0.05) is 31.2 Å². The Morgan fingerprint density at radius 2 is 1.81 bits per heavy atom. The van der Waals surface area contributed by atoms with Crippen molar-refractivity contribution in [3.8, 4) is 11.5 Å². The van der Waals surface area contributed by atoms with Gasteiger partial charge in [0.05, 0.1) is 37.7 Å². The first-order valence-corrected chi connectivity index (χ1v) is 16.3. The van der Waals surface area contributed by atoms with E-state index in [9.17, 15) is 24.9 Å². The molecule has 1 unspecified atom stereocenters. The predicted octanol–water partition coefficient (Wildman–Crippen LogP) is 4.35. The van der Waals surface area contributed by atoms with E-state index < -0.39 is 23.5 Å². The highest BCUT2D eigenvalue weighted by molar-refractivity contribution is 6.08. The Labute approximate surface area is 276 Å². The van der Waals surface area contributed by atoms with E-state index in [1.165, 1.54) is 7.11 Å². The molecule has 0 bridgehead atoms. The van der Waals surface area contributed by atoms with Gasteiger partial charge in [0, 0.05) is 30.4 Å². The summed E-state index contributed by atoms with van der Waals surface area (Å²) in [6.07, 6.45) is 5.86. The maximum atomic E-state index is 14.1. The lowest BCUT2D eigenvalue weighted by atomic mass is 9.83. The minimum absolute atomic E-state index is 0.0271. The molecule has 4 N–H and O–H groups in total. The number of aliphatic hydroxyl groups is 3. The van der Waals surface area contributed by atoms with E-state index in [0.717, 1.165) is 29.0 Å². The zero-order valence-electron chi connectivity index (χ0n) is 27.3. The van der Waals surface area contributed by atoms with Gasteiger partial charge >= 0.3 is 0 Å². The Morgan fingerprint density at radius 1 is 1.02 bits per heavy atom. The smallest absolute Gasteiger partial charge is 0.264 e. The fourth-order valence-electron chi connectivity index (χ4n) is 6.42. The van der Waals surface area contributed by atoms with Crippen molar-refractivity contribution in [2.75, 3.05) is 43.3 Å². The van der Waals surface area contributed by atoms with Gasteiger partial charge in [-0.15, -0.1) is 0 Å². The summed E-state index contributed by atoms with van der Waals surface area (Å²) in [5.74, 6) is 0.149. The molecule has 10 nitrogen and oxygen atoms in total. The van der Waals surface area contributed by atoms with Crippen LogP contribution in [-0.4, -0.2) is 66.7 Å². The molecule has 0 aromatic heterocycles. The molecule has 250 valence electrons. The number of hydrogen-bond acceptors (Lipinski definition) is 8. The third-order valence-electron chi connectivity index (χ3n) is 8.89. The fraction of sp³-hybridized carbons (Fsp3) is 0.405. The lowest BCUT2D eigenvalue weighted by Crippen LogP contribution is -2.49. The highest BCUT2D eigenvalue weighted by Crippen LogP contribution is 2.47. The molecular weight excluding hydrogens is 598 g/mol.